The van der Waals surface area contributed by atoms with E-state index in [0.717, 1.165) is 18.1 Å². The lowest BCUT2D eigenvalue weighted by Gasteiger charge is -2.22. The second-order valence-electron chi connectivity index (χ2n) is 5.44. The minimum Gasteiger partial charge on any atom is -0.329 e. The zero-order valence-corrected chi connectivity index (χ0v) is 12.5. The number of benzene rings is 2. The van der Waals surface area contributed by atoms with E-state index < -0.39 is 0 Å². The fourth-order valence-electron chi connectivity index (χ4n) is 3.30. The van der Waals surface area contributed by atoms with Crippen molar-refractivity contribution in [2.24, 2.45) is 5.73 Å². The number of hydrogen-bond acceptors (Lipinski definition) is 4. The Kier molecular flexibility index (Phi) is 3.22. The Morgan fingerprint density at radius 3 is 2.95 bits per heavy atom. The van der Waals surface area contributed by atoms with Crippen molar-refractivity contribution in [2.45, 2.75) is 19.1 Å². The molecule has 0 aliphatic carbocycles. The van der Waals surface area contributed by atoms with Gasteiger partial charge in [-0.3, -0.25) is 4.90 Å². The van der Waals surface area contributed by atoms with Crippen molar-refractivity contribution in [1.82, 2.24) is 9.88 Å². The van der Waals surface area contributed by atoms with Crippen molar-refractivity contribution in [3.63, 3.8) is 0 Å². The highest BCUT2D eigenvalue weighted by Crippen LogP contribution is 2.38. The molecule has 0 amide bonds. The van der Waals surface area contributed by atoms with Gasteiger partial charge in [0.2, 0.25) is 0 Å². The summed E-state index contributed by atoms with van der Waals surface area (Å²) in [5.74, 6) is 0. The summed E-state index contributed by atoms with van der Waals surface area (Å²) in [5, 5.41) is 5.86. The lowest BCUT2D eigenvalue weighted by atomic mass is 9.98. The van der Waals surface area contributed by atoms with Gasteiger partial charge in [0.25, 0.3) is 0 Å². The number of rotatable bonds is 3. The van der Waals surface area contributed by atoms with Gasteiger partial charge in [-0.1, -0.05) is 36.4 Å². The van der Waals surface area contributed by atoms with Gasteiger partial charge in [0.15, 0.2) is 0 Å². The minimum atomic E-state index is 0.300. The quantitative estimate of drug-likeness (QED) is 0.806. The summed E-state index contributed by atoms with van der Waals surface area (Å²) >= 11 is 1.71. The minimum absolute atomic E-state index is 0.300. The van der Waals surface area contributed by atoms with E-state index in [4.69, 9.17) is 5.73 Å². The molecule has 1 aliphatic heterocycles. The van der Waals surface area contributed by atoms with E-state index in [9.17, 15) is 0 Å². The fourth-order valence-corrected chi connectivity index (χ4v) is 3.94. The van der Waals surface area contributed by atoms with Crippen LogP contribution in [0.25, 0.3) is 10.8 Å². The lowest BCUT2D eigenvalue weighted by Crippen LogP contribution is -2.27. The predicted octanol–water partition coefficient (Wildman–Crippen LogP) is 3.31. The van der Waals surface area contributed by atoms with E-state index in [0.29, 0.717) is 12.6 Å². The first-order chi connectivity index (χ1) is 10.4. The van der Waals surface area contributed by atoms with E-state index in [-0.39, 0.29) is 0 Å². The van der Waals surface area contributed by atoms with Gasteiger partial charge in [0, 0.05) is 30.7 Å². The van der Waals surface area contributed by atoms with E-state index >= 15 is 0 Å². The van der Waals surface area contributed by atoms with Crippen LogP contribution in [0.15, 0.2) is 48.0 Å². The molecule has 2 N–H and O–H groups in total. The van der Waals surface area contributed by atoms with Crippen LogP contribution in [-0.4, -0.2) is 16.4 Å². The predicted molar refractivity (Wildman–Crippen MR) is 87.1 cm³/mol. The Morgan fingerprint density at radius 2 is 2.14 bits per heavy atom. The van der Waals surface area contributed by atoms with Crippen molar-refractivity contribution in [1.29, 1.82) is 0 Å². The molecule has 2 heterocycles. The van der Waals surface area contributed by atoms with Gasteiger partial charge < -0.3 is 5.73 Å². The summed E-state index contributed by atoms with van der Waals surface area (Å²) in [4.78, 5) is 6.85. The number of thiazole rings is 1. The normalized spacial score (nSPS) is 18.2. The molecule has 1 atom stereocenters. The van der Waals surface area contributed by atoms with Crippen LogP contribution in [0, 0.1) is 0 Å². The van der Waals surface area contributed by atoms with Gasteiger partial charge in [-0.2, -0.15) is 0 Å². The van der Waals surface area contributed by atoms with Crippen LogP contribution in [0.3, 0.4) is 0 Å². The highest BCUT2D eigenvalue weighted by Gasteiger charge is 2.30. The zero-order chi connectivity index (χ0) is 14.2. The first-order valence-corrected chi connectivity index (χ1v) is 8.08. The molecule has 3 aromatic rings. The van der Waals surface area contributed by atoms with Crippen LogP contribution in [0.2, 0.25) is 0 Å². The van der Waals surface area contributed by atoms with Crippen molar-refractivity contribution < 1.29 is 0 Å². The maximum absolute atomic E-state index is 6.05. The number of nitrogens with two attached hydrogens (primary N) is 1. The van der Waals surface area contributed by atoms with Gasteiger partial charge >= 0.3 is 0 Å². The SMILES string of the molecule is NCC1c2ccc3ccccc3c2CN1Cc1nccs1. The average molecular weight is 295 g/mol. The summed E-state index contributed by atoms with van der Waals surface area (Å²) in [6, 6.07) is 13.4. The van der Waals surface area contributed by atoms with Crippen molar-refractivity contribution >= 4 is 22.1 Å². The Labute approximate surface area is 128 Å². The van der Waals surface area contributed by atoms with Crippen LogP contribution in [0.5, 0.6) is 0 Å². The molecule has 1 aromatic heterocycles. The summed E-state index contributed by atoms with van der Waals surface area (Å²) < 4.78 is 0. The monoisotopic (exact) mass is 295 g/mol. The average Bonchev–Trinajstić information content (AvgIpc) is 3.14. The Bertz CT molecular complexity index is 767. The zero-order valence-electron chi connectivity index (χ0n) is 11.7. The molecule has 4 rings (SSSR count). The molecule has 1 aliphatic rings. The number of aromatic nitrogens is 1. The number of hydrogen-bond donors (Lipinski definition) is 1. The summed E-state index contributed by atoms with van der Waals surface area (Å²) in [5.41, 5.74) is 8.87. The van der Waals surface area contributed by atoms with Gasteiger partial charge in [-0.15, -0.1) is 11.3 Å². The van der Waals surface area contributed by atoms with Crippen LogP contribution < -0.4 is 5.73 Å². The van der Waals surface area contributed by atoms with E-state index in [1.807, 2.05) is 11.6 Å². The summed E-state index contributed by atoms with van der Waals surface area (Å²) in [6.07, 6.45) is 1.87. The Morgan fingerprint density at radius 1 is 1.24 bits per heavy atom. The maximum Gasteiger partial charge on any atom is 0.107 e. The first-order valence-electron chi connectivity index (χ1n) is 7.20. The molecule has 0 fully saturated rings. The second kappa shape index (κ2) is 5.22. The van der Waals surface area contributed by atoms with Crippen molar-refractivity contribution in [3.8, 4) is 0 Å². The van der Waals surface area contributed by atoms with Crippen LogP contribution in [0.1, 0.15) is 22.2 Å². The molecule has 21 heavy (non-hydrogen) atoms. The third-order valence-electron chi connectivity index (χ3n) is 4.28. The van der Waals surface area contributed by atoms with Gasteiger partial charge in [-0.05, 0) is 21.9 Å². The van der Waals surface area contributed by atoms with Crippen LogP contribution >= 0.6 is 11.3 Å². The molecule has 0 bridgehead atoms. The van der Waals surface area contributed by atoms with Crippen molar-refractivity contribution in [2.75, 3.05) is 6.54 Å². The molecule has 2 aromatic carbocycles. The molecular weight excluding hydrogens is 278 g/mol. The van der Waals surface area contributed by atoms with Gasteiger partial charge in [0.05, 0.1) is 6.54 Å². The smallest absolute Gasteiger partial charge is 0.107 e. The standard InChI is InChI=1S/C17H17N3S/c18-9-16-14-6-5-12-3-1-2-4-13(12)15(14)10-20(16)11-17-19-7-8-21-17/h1-8,16H,9-11,18H2. The molecule has 0 radical (unpaired) electrons. The highest BCUT2D eigenvalue weighted by atomic mass is 32.1. The van der Waals surface area contributed by atoms with Crippen LogP contribution in [-0.2, 0) is 13.1 Å². The summed E-state index contributed by atoms with van der Waals surface area (Å²) in [7, 11) is 0. The maximum atomic E-state index is 6.05. The molecule has 0 spiro atoms. The van der Waals surface area contributed by atoms with Gasteiger partial charge in [0.1, 0.15) is 5.01 Å². The molecule has 3 nitrogen and oxygen atoms in total. The molecule has 106 valence electrons. The molecule has 0 saturated heterocycles. The largest absolute Gasteiger partial charge is 0.329 e. The molecule has 1 unspecified atom stereocenters. The molecular formula is C17H17N3S. The van der Waals surface area contributed by atoms with Gasteiger partial charge in [-0.25, -0.2) is 4.98 Å². The lowest BCUT2D eigenvalue weighted by molar-refractivity contribution is 0.211. The number of nitrogens with zero attached hydrogens (tertiary/aromatic N) is 2. The third kappa shape index (κ3) is 2.16. The Balaban J connectivity index is 1.76. The Hall–Kier alpha value is -1.75. The van der Waals surface area contributed by atoms with Crippen LogP contribution in [0.4, 0.5) is 0 Å². The summed E-state index contributed by atoms with van der Waals surface area (Å²) in [6.45, 7) is 2.48. The van der Waals surface area contributed by atoms with E-state index in [1.165, 1.54) is 21.9 Å². The van der Waals surface area contributed by atoms with E-state index in [2.05, 4.69) is 46.3 Å². The van der Waals surface area contributed by atoms with E-state index in [1.54, 1.807) is 11.3 Å². The fraction of sp³-hybridized carbons (Fsp3) is 0.235. The molecule has 0 saturated carbocycles. The first kappa shape index (κ1) is 13.0. The highest BCUT2D eigenvalue weighted by molar-refractivity contribution is 7.09. The second-order valence-corrected chi connectivity index (χ2v) is 6.42. The number of fused-ring (bicyclic) bond motifs is 3. The third-order valence-corrected chi connectivity index (χ3v) is 5.05. The topological polar surface area (TPSA) is 42.1 Å². The van der Waals surface area contributed by atoms with Crippen molar-refractivity contribution in [3.05, 3.63) is 64.1 Å². The molecule has 4 heteroatoms.